The van der Waals surface area contributed by atoms with E-state index in [2.05, 4.69) is 64.1 Å². The first-order valence-corrected chi connectivity index (χ1v) is 13.5. The Bertz CT molecular complexity index is 1070. The number of aryl methyl sites for hydroxylation is 2. The largest absolute Gasteiger partial charge is 0.0654 e. The van der Waals surface area contributed by atoms with Gasteiger partial charge in [0.1, 0.15) is 0 Å². The average Bonchev–Trinajstić information content (AvgIpc) is 3.16. The summed E-state index contributed by atoms with van der Waals surface area (Å²) in [5.74, 6) is 0. The van der Waals surface area contributed by atoms with Gasteiger partial charge in [-0.15, -0.1) is 0 Å². The van der Waals surface area contributed by atoms with E-state index in [0.29, 0.717) is 0 Å². The second-order valence-corrected chi connectivity index (χ2v) is 9.79. The maximum absolute atomic E-state index is 2.48. The fraction of sp³-hybridized carbons (Fsp3) is 0.500. The summed E-state index contributed by atoms with van der Waals surface area (Å²) in [5.41, 5.74) is 12.8. The van der Waals surface area contributed by atoms with Gasteiger partial charge in [-0.05, 0) is 107 Å². The minimum Gasteiger partial charge on any atom is -0.0654 e. The third kappa shape index (κ3) is 4.14. The molecule has 0 atom stereocenters. The van der Waals surface area contributed by atoms with Crippen LogP contribution in [0.2, 0.25) is 0 Å². The SMILES string of the molecule is CCCCc1c(CCCC)c2c3c(ccc(CCCC)c3c1CCCC)-c1ccccc1-2. The molecule has 0 saturated heterocycles. The van der Waals surface area contributed by atoms with Crippen molar-refractivity contribution in [3.05, 3.63) is 58.7 Å². The molecule has 0 fully saturated rings. The Morgan fingerprint density at radius 2 is 1.03 bits per heavy atom. The van der Waals surface area contributed by atoms with Gasteiger partial charge in [0.15, 0.2) is 0 Å². The Hall–Kier alpha value is -2.08. The van der Waals surface area contributed by atoms with Crippen LogP contribution in [-0.4, -0.2) is 0 Å². The van der Waals surface area contributed by atoms with Crippen LogP contribution in [0.1, 0.15) is 101 Å². The molecular weight excluding hydrogens is 384 g/mol. The van der Waals surface area contributed by atoms with Gasteiger partial charge < -0.3 is 0 Å². The van der Waals surface area contributed by atoms with Crippen LogP contribution in [0.25, 0.3) is 33.0 Å². The molecule has 170 valence electrons. The molecule has 0 heteroatoms. The molecule has 0 amide bonds. The van der Waals surface area contributed by atoms with Gasteiger partial charge in [-0.2, -0.15) is 0 Å². The molecule has 32 heavy (non-hydrogen) atoms. The van der Waals surface area contributed by atoms with Gasteiger partial charge in [-0.1, -0.05) is 89.8 Å². The van der Waals surface area contributed by atoms with E-state index in [4.69, 9.17) is 0 Å². The van der Waals surface area contributed by atoms with Crippen molar-refractivity contribution in [1.29, 1.82) is 0 Å². The molecule has 3 aromatic carbocycles. The molecule has 0 nitrogen and oxygen atoms in total. The fourth-order valence-electron chi connectivity index (χ4n) is 5.83. The molecule has 0 bridgehead atoms. The van der Waals surface area contributed by atoms with Crippen LogP contribution in [-0.2, 0) is 25.7 Å². The van der Waals surface area contributed by atoms with E-state index in [-0.39, 0.29) is 0 Å². The van der Waals surface area contributed by atoms with E-state index in [0.717, 1.165) is 0 Å². The lowest BCUT2D eigenvalue weighted by Crippen LogP contribution is -2.07. The number of hydrogen-bond donors (Lipinski definition) is 0. The van der Waals surface area contributed by atoms with E-state index in [1.165, 1.54) is 93.7 Å². The molecule has 0 aromatic heterocycles. The Morgan fingerprint density at radius 3 is 1.69 bits per heavy atom. The highest BCUT2D eigenvalue weighted by molar-refractivity contribution is 6.18. The van der Waals surface area contributed by atoms with E-state index in [1.807, 2.05) is 0 Å². The van der Waals surface area contributed by atoms with Gasteiger partial charge >= 0.3 is 0 Å². The smallest absolute Gasteiger partial charge is 0.00179 e. The maximum Gasteiger partial charge on any atom is -0.00179 e. The minimum absolute atomic E-state index is 1.21. The van der Waals surface area contributed by atoms with Gasteiger partial charge in [-0.25, -0.2) is 0 Å². The fourth-order valence-corrected chi connectivity index (χ4v) is 5.83. The summed E-state index contributed by atoms with van der Waals surface area (Å²) in [6.45, 7) is 9.35. The van der Waals surface area contributed by atoms with Crippen molar-refractivity contribution in [3.63, 3.8) is 0 Å². The third-order valence-corrected chi connectivity index (χ3v) is 7.50. The summed E-state index contributed by atoms with van der Waals surface area (Å²) >= 11 is 0. The number of rotatable bonds is 12. The number of unbranched alkanes of at least 4 members (excludes halogenated alkanes) is 4. The number of fused-ring (bicyclic) bond motifs is 3. The lowest BCUT2D eigenvalue weighted by molar-refractivity contribution is 0.738. The van der Waals surface area contributed by atoms with Crippen molar-refractivity contribution in [3.8, 4) is 22.3 Å². The third-order valence-electron chi connectivity index (χ3n) is 7.50. The summed E-state index contributed by atoms with van der Waals surface area (Å²) in [6, 6.07) is 14.1. The lowest BCUT2D eigenvalue weighted by Gasteiger charge is -2.23. The first-order valence-electron chi connectivity index (χ1n) is 13.5. The zero-order valence-electron chi connectivity index (χ0n) is 20.9. The Morgan fingerprint density at radius 1 is 0.469 bits per heavy atom. The van der Waals surface area contributed by atoms with Gasteiger partial charge in [0.2, 0.25) is 0 Å². The zero-order chi connectivity index (χ0) is 22.5. The topological polar surface area (TPSA) is 0 Å². The summed E-state index contributed by atoms with van der Waals surface area (Å²) in [7, 11) is 0. The summed E-state index contributed by atoms with van der Waals surface area (Å²) in [6.07, 6.45) is 15.2. The van der Waals surface area contributed by atoms with Crippen LogP contribution in [0, 0.1) is 0 Å². The standard InChI is InChI=1S/C32H42/c1-5-9-15-23-21-22-29-25-19-13-14-20-28(25)31-27(18-12-8-4)24(16-10-6-2)26(17-11-7-3)30(23)32(29)31/h13-14,19-22H,5-12,15-18H2,1-4H3. The van der Waals surface area contributed by atoms with Gasteiger partial charge in [0.25, 0.3) is 0 Å². The van der Waals surface area contributed by atoms with E-state index in [1.54, 1.807) is 38.6 Å². The van der Waals surface area contributed by atoms with Crippen molar-refractivity contribution < 1.29 is 0 Å². The van der Waals surface area contributed by atoms with Crippen LogP contribution in [0.5, 0.6) is 0 Å². The molecule has 0 heterocycles. The highest BCUT2D eigenvalue weighted by Crippen LogP contribution is 2.52. The Kier molecular flexibility index (Phi) is 7.71. The molecule has 0 saturated carbocycles. The van der Waals surface area contributed by atoms with Gasteiger partial charge in [-0.3, -0.25) is 0 Å². The summed E-state index contributed by atoms with van der Waals surface area (Å²) in [4.78, 5) is 0. The molecule has 0 spiro atoms. The molecule has 1 aliphatic carbocycles. The molecule has 1 aliphatic rings. The predicted molar refractivity (Wildman–Crippen MR) is 143 cm³/mol. The number of hydrogen-bond acceptors (Lipinski definition) is 0. The monoisotopic (exact) mass is 426 g/mol. The van der Waals surface area contributed by atoms with Crippen LogP contribution in [0.15, 0.2) is 36.4 Å². The predicted octanol–water partition coefficient (Wildman–Crippen LogP) is 9.86. The van der Waals surface area contributed by atoms with Crippen molar-refractivity contribution in [2.24, 2.45) is 0 Å². The Labute approximate surface area is 196 Å². The minimum atomic E-state index is 1.21. The first-order chi connectivity index (χ1) is 15.8. The van der Waals surface area contributed by atoms with E-state index < -0.39 is 0 Å². The molecule has 0 N–H and O–H groups in total. The van der Waals surface area contributed by atoms with Gasteiger partial charge in [0, 0.05) is 0 Å². The molecule has 0 aliphatic heterocycles. The highest BCUT2D eigenvalue weighted by atomic mass is 14.3. The van der Waals surface area contributed by atoms with Crippen LogP contribution in [0.3, 0.4) is 0 Å². The summed E-state index contributed by atoms with van der Waals surface area (Å²) in [5, 5.41) is 3.24. The second kappa shape index (κ2) is 10.7. The molecule has 4 rings (SSSR count). The van der Waals surface area contributed by atoms with Crippen molar-refractivity contribution in [2.45, 2.75) is 105 Å². The van der Waals surface area contributed by atoms with Crippen molar-refractivity contribution >= 4 is 10.8 Å². The second-order valence-electron chi connectivity index (χ2n) is 9.79. The lowest BCUT2D eigenvalue weighted by atomic mass is 9.81. The maximum atomic E-state index is 2.48. The average molecular weight is 427 g/mol. The van der Waals surface area contributed by atoms with Crippen molar-refractivity contribution in [2.75, 3.05) is 0 Å². The van der Waals surface area contributed by atoms with Crippen LogP contribution >= 0.6 is 0 Å². The van der Waals surface area contributed by atoms with Crippen LogP contribution in [0.4, 0.5) is 0 Å². The molecule has 0 radical (unpaired) electrons. The van der Waals surface area contributed by atoms with E-state index in [9.17, 15) is 0 Å². The quantitative estimate of drug-likeness (QED) is 0.211. The summed E-state index contributed by atoms with van der Waals surface area (Å²) < 4.78 is 0. The number of benzene rings is 3. The van der Waals surface area contributed by atoms with Gasteiger partial charge in [0.05, 0.1) is 0 Å². The Balaban J connectivity index is 2.10. The zero-order valence-corrected chi connectivity index (χ0v) is 20.9. The first kappa shape index (κ1) is 23.1. The highest BCUT2D eigenvalue weighted by Gasteiger charge is 2.29. The van der Waals surface area contributed by atoms with E-state index >= 15 is 0 Å². The molecular formula is C32H42. The normalized spacial score (nSPS) is 12.0. The van der Waals surface area contributed by atoms with Crippen molar-refractivity contribution in [1.82, 2.24) is 0 Å². The molecule has 3 aromatic rings. The van der Waals surface area contributed by atoms with Crippen LogP contribution < -0.4 is 0 Å². The molecule has 0 unspecified atom stereocenters.